The number of hydrogen-bond acceptors (Lipinski definition) is 4. The Labute approximate surface area is 102 Å². The summed E-state index contributed by atoms with van der Waals surface area (Å²) in [6.07, 6.45) is 0. The Kier molecular flexibility index (Phi) is 4.38. The van der Waals surface area contributed by atoms with E-state index in [1.54, 1.807) is 0 Å². The average Bonchev–Trinajstić information content (AvgIpc) is 2.76. The third-order valence-electron chi connectivity index (χ3n) is 2.70. The van der Waals surface area contributed by atoms with Gasteiger partial charge in [-0.2, -0.15) is 0 Å². The van der Waals surface area contributed by atoms with Crippen LogP contribution in [-0.4, -0.2) is 44.1 Å². The third-order valence-corrected chi connectivity index (χ3v) is 2.70. The molecule has 1 N–H and O–H groups in total. The molecular formula is C13H19N3O. The van der Waals surface area contributed by atoms with Crippen LogP contribution in [0.15, 0.2) is 35.3 Å². The minimum atomic E-state index is 0.671. The highest BCUT2D eigenvalue weighted by atomic mass is 16.5. The number of hydrogen-bond donors (Lipinski definition) is 1. The molecule has 1 aromatic rings. The summed E-state index contributed by atoms with van der Waals surface area (Å²) in [6.45, 7) is 4.07. The Bertz CT molecular complexity index is 364. The van der Waals surface area contributed by atoms with E-state index in [9.17, 15) is 0 Å². The number of rotatable bonds is 5. The molecule has 0 spiro atoms. The summed E-state index contributed by atoms with van der Waals surface area (Å²) in [6, 6.07) is 10.2. The van der Waals surface area contributed by atoms with Crippen molar-refractivity contribution in [3.05, 3.63) is 35.9 Å². The van der Waals surface area contributed by atoms with Gasteiger partial charge in [-0.1, -0.05) is 30.3 Å². The van der Waals surface area contributed by atoms with Crippen molar-refractivity contribution in [3.8, 4) is 0 Å². The molecule has 0 fully saturated rings. The highest BCUT2D eigenvalue weighted by molar-refractivity contribution is 5.81. The largest absolute Gasteiger partial charge is 0.375 e. The van der Waals surface area contributed by atoms with Gasteiger partial charge in [0.1, 0.15) is 0 Å². The number of nitrogens with zero attached hydrogens (tertiary/aromatic N) is 2. The molecule has 1 aliphatic heterocycles. The lowest BCUT2D eigenvalue weighted by molar-refractivity contribution is 0.125. The third kappa shape index (κ3) is 3.75. The van der Waals surface area contributed by atoms with Gasteiger partial charge in [0.15, 0.2) is 5.96 Å². The summed E-state index contributed by atoms with van der Waals surface area (Å²) in [5.74, 6) is 0.980. The van der Waals surface area contributed by atoms with E-state index in [1.165, 1.54) is 5.56 Å². The molecule has 0 bridgehead atoms. The van der Waals surface area contributed by atoms with Crippen LogP contribution in [0.5, 0.6) is 0 Å². The molecule has 4 heteroatoms. The lowest BCUT2D eigenvalue weighted by atomic mass is 10.2. The second-order valence-corrected chi connectivity index (χ2v) is 4.09. The predicted octanol–water partition coefficient (Wildman–Crippen LogP) is 1.09. The van der Waals surface area contributed by atoms with Crippen LogP contribution in [0.25, 0.3) is 0 Å². The summed E-state index contributed by atoms with van der Waals surface area (Å²) >= 11 is 0. The van der Waals surface area contributed by atoms with Gasteiger partial charge in [0.2, 0.25) is 0 Å². The molecule has 0 atom stereocenters. The van der Waals surface area contributed by atoms with E-state index in [-0.39, 0.29) is 0 Å². The Morgan fingerprint density at radius 1 is 1.35 bits per heavy atom. The fourth-order valence-corrected chi connectivity index (χ4v) is 1.72. The topological polar surface area (TPSA) is 36.9 Å². The number of likely N-dealkylation sites (N-methyl/N-ethyl adjacent to an activating group) is 1. The maximum Gasteiger partial charge on any atom is 0.193 e. The van der Waals surface area contributed by atoms with Crippen molar-refractivity contribution in [2.45, 2.75) is 6.61 Å². The van der Waals surface area contributed by atoms with Crippen LogP contribution in [-0.2, 0) is 11.3 Å². The van der Waals surface area contributed by atoms with Crippen LogP contribution in [0.2, 0.25) is 0 Å². The van der Waals surface area contributed by atoms with Gasteiger partial charge in [0.25, 0.3) is 0 Å². The Morgan fingerprint density at radius 3 is 2.88 bits per heavy atom. The van der Waals surface area contributed by atoms with Crippen LogP contribution in [0.1, 0.15) is 5.56 Å². The van der Waals surface area contributed by atoms with E-state index in [0.29, 0.717) is 13.2 Å². The number of guanidine groups is 1. The second kappa shape index (κ2) is 6.25. The van der Waals surface area contributed by atoms with E-state index in [1.807, 2.05) is 25.2 Å². The van der Waals surface area contributed by atoms with Gasteiger partial charge in [0.05, 0.1) is 19.8 Å². The quantitative estimate of drug-likeness (QED) is 0.774. The molecule has 0 saturated carbocycles. The Morgan fingerprint density at radius 2 is 2.18 bits per heavy atom. The first-order valence-corrected chi connectivity index (χ1v) is 5.97. The SMILES string of the molecule is CN1CCN=C1NCCOCc1ccccc1. The van der Waals surface area contributed by atoms with Gasteiger partial charge < -0.3 is 15.0 Å². The summed E-state index contributed by atoms with van der Waals surface area (Å²) in [5.41, 5.74) is 1.21. The smallest absolute Gasteiger partial charge is 0.193 e. The van der Waals surface area contributed by atoms with E-state index in [0.717, 1.165) is 25.6 Å². The van der Waals surface area contributed by atoms with Crippen molar-refractivity contribution in [2.75, 3.05) is 33.3 Å². The van der Waals surface area contributed by atoms with Gasteiger partial charge in [0, 0.05) is 20.1 Å². The monoisotopic (exact) mass is 233 g/mol. The summed E-state index contributed by atoms with van der Waals surface area (Å²) in [7, 11) is 2.05. The highest BCUT2D eigenvalue weighted by Gasteiger charge is 2.10. The number of ether oxygens (including phenoxy) is 1. The molecule has 1 heterocycles. The van der Waals surface area contributed by atoms with Crippen LogP contribution < -0.4 is 5.32 Å². The first-order chi connectivity index (χ1) is 8.36. The van der Waals surface area contributed by atoms with Crippen molar-refractivity contribution in [3.63, 3.8) is 0 Å². The fraction of sp³-hybridized carbons (Fsp3) is 0.462. The van der Waals surface area contributed by atoms with E-state index >= 15 is 0 Å². The normalized spacial score (nSPS) is 14.9. The van der Waals surface area contributed by atoms with Gasteiger partial charge >= 0.3 is 0 Å². The molecule has 0 aromatic heterocycles. The van der Waals surface area contributed by atoms with Crippen LogP contribution in [0.3, 0.4) is 0 Å². The van der Waals surface area contributed by atoms with E-state index < -0.39 is 0 Å². The zero-order chi connectivity index (χ0) is 11.9. The first-order valence-electron chi connectivity index (χ1n) is 5.97. The van der Waals surface area contributed by atoms with E-state index in [2.05, 4.69) is 27.3 Å². The molecule has 2 rings (SSSR count). The minimum absolute atomic E-state index is 0.671. The Hall–Kier alpha value is -1.55. The minimum Gasteiger partial charge on any atom is -0.375 e. The molecule has 0 radical (unpaired) electrons. The molecule has 0 saturated heterocycles. The Balaban J connectivity index is 1.58. The van der Waals surface area contributed by atoms with Crippen LogP contribution in [0.4, 0.5) is 0 Å². The molecule has 1 aliphatic rings. The summed E-state index contributed by atoms with van der Waals surface area (Å²) in [5, 5.41) is 3.27. The van der Waals surface area contributed by atoms with Gasteiger partial charge in [-0.25, -0.2) is 0 Å². The average molecular weight is 233 g/mol. The van der Waals surface area contributed by atoms with Crippen LogP contribution >= 0.6 is 0 Å². The van der Waals surface area contributed by atoms with E-state index in [4.69, 9.17) is 4.74 Å². The molecule has 0 aliphatic carbocycles. The standard InChI is InChI=1S/C13H19N3O/c1-16-9-7-14-13(16)15-8-10-17-11-12-5-3-2-4-6-12/h2-6H,7-11H2,1H3,(H,14,15). The fourth-order valence-electron chi connectivity index (χ4n) is 1.72. The number of benzene rings is 1. The zero-order valence-corrected chi connectivity index (χ0v) is 10.2. The molecule has 4 nitrogen and oxygen atoms in total. The lowest BCUT2D eigenvalue weighted by Gasteiger charge is -2.15. The van der Waals surface area contributed by atoms with Crippen molar-refractivity contribution in [1.29, 1.82) is 0 Å². The van der Waals surface area contributed by atoms with Gasteiger partial charge in [-0.05, 0) is 5.56 Å². The van der Waals surface area contributed by atoms with Crippen molar-refractivity contribution in [1.82, 2.24) is 10.2 Å². The second-order valence-electron chi connectivity index (χ2n) is 4.09. The summed E-state index contributed by atoms with van der Waals surface area (Å²) < 4.78 is 5.58. The van der Waals surface area contributed by atoms with Crippen LogP contribution in [0, 0.1) is 0 Å². The van der Waals surface area contributed by atoms with Crippen molar-refractivity contribution in [2.24, 2.45) is 4.99 Å². The van der Waals surface area contributed by atoms with Crippen molar-refractivity contribution < 1.29 is 4.74 Å². The molecular weight excluding hydrogens is 214 g/mol. The highest BCUT2D eigenvalue weighted by Crippen LogP contribution is 2.00. The first kappa shape index (κ1) is 11.9. The number of nitrogens with one attached hydrogen (secondary N) is 1. The number of aliphatic imine (C=N–C) groups is 1. The maximum absolute atomic E-state index is 5.58. The molecule has 1 aromatic carbocycles. The molecule has 0 unspecified atom stereocenters. The predicted molar refractivity (Wildman–Crippen MR) is 69.0 cm³/mol. The van der Waals surface area contributed by atoms with Gasteiger partial charge in [-0.15, -0.1) is 0 Å². The molecule has 17 heavy (non-hydrogen) atoms. The van der Waals surface area contributed by atoms with Gasteiger partial charge in [-0.3, -0.25) is 4.99 Å². The molecule has 92 valence electrons. The maximum atomic E-state index is 5.58. The zero-order valence-electron chi connectivity index (χ0n) is 10.2. The van der Waals surface area contributed by atoms with Crippen molar-refractivity contribution >= 4 is 5.96 Å². The lowest BCUT2D eigenvalue weighted by Crippen LogP contribution is -2.37. The molecule has 0 amide bonds. The summed E-state index contributed by atoms with van der Waals surface area (Å²) in [4.78, 5) is 6.47.